The Labute approximate surface area is 346 Å². The van der Waals surface area contributed by atoms with Gasteiger partial charge in [0.05, 0.1) is 58.5 Å². The highest BCUT2D eigenvalue weighted by molar-refractivity contribution is 6.91. The maximum Gasteiger partial charge on any atom is 0.264 e. The molecule has 1 unspecified atom stereocenters. The van der Waals surface area contributed by atoms with Gasteiger partial charge in [-0.05, 0) is 90.5 Å². The molecule has 4 aromatic rings. The SMILES string of the molecule is COc1ccc([Si](C)(C)[C@@H]2[C@@H](CC(=O)N3Cc4ccccc4C[C@H]3CO)O[C@]3(C(=O)N(Cc4cccc(NC(=O)C5CCCNC5)c4)c4ccc(Cl)cc43)[C@H]2C)cc1. The van der Waals surface area contributed by atoms with Gasteiger partial charge in [0, 0.05) is 35.3 Å². The second-order valence-corrected chi connectivity index (χ2v) is 22.1. The maximum absolute atomic E-state index is 15.4. The average molecular weight is 821 g/mol. The van der Waals surface area contributed by atoms with E-state index in [4.69, 9.17) is 21.1 Å². The number of ether oxygens (including phenoxy) is 2. The molecule has 6 atom stereocenters. The second-order valence-electron chi connectivity index (χ2n) is 17.0. The number of fused-ring (bicyclic) bond motifs is 3. The Morgan fingerprint density at radius 3 is 2.53 bits per heavy atom. The number of halogens is 1. The first-order valence-corrected chi connectivity index (χ1v) is 23.9. The lowest BCUT2D eigenvalue weighted by atomic mass is 9.82. The lowest BCUT2D eigenvalue weighted by Gasteiger charge is -2.39. The molecular formula is C46H53ClN4O6Si. The van der Waals surface area contributed by atoms with Crippen LogP contribution in [0.3, 0.4) is 0 Å². The summed E-state index contributed by atoms with van der Waals surface area (Å²) in [6.07, 6.45) is 1.84. The van der Waals surface area contributed by atoms with Crippen molar-refractivity contribution in [2.24, 2.45) is 11.8 Å². The zero-order valence-electron chi connectivity index (χ0n) is 33.7. The molecule has 2 fully saturated rings. The standard InChI is InChI=1S/C46H53ClN4O6Si/c1-29-43(58(3,4)38-17-15-37(56-2)16-18-38)41(24-42(53)50-27-33-11-6-5-10-31(33)22-36(50)28-52)57-46(29)39-23-34(47)14-19-40(39)51(45(46)55)26-30-9-7-13-35(21-30)49-44(54)32-12-8-20-48-25-32/h5-7,9-11,13-19,21,23,29,32,36,41,43,48,52H,8,12,20,22,24-28H2,1-4H3,(H,49,54)/t29-,32?,36-,41+,43-,46+/m0/s1. The number of nitrogens with one attached hydrogen (secondary N) is 2. The Morgan fingerprint density at radius 1 is 1.03 bits per heavy atom. The summed E-state index contributed by atoms with van der Waals surface area (Å²) in [5, 5.41) is 18.6. The lowest BCUT2D eigenvalue weighted by molar-refractivity contribution is -0.151. The van der Waals surface area contributed by atoms with Gasteiger partial charge in [-0.2, -0.15) is 0 Å². The maximum atomic E-state index is 15.4. The van der Waals surface area contributed by atoms with Crippen molar-refractivity contribution in [3.63, 3.8) is 0 Å². The average Bonchev–Trinajstić information content (AvgIpc) is 3.66. The van der Waals surface area contributed by atoms with Crippen molar-refractivity contribution in [3.8, 4) is 5.75 Å². The number of hydrogen-bond acceptors (Lipinski definition) is 7. The molecule has 0 saturated carbocycles. The van der Waals surface area contributed by atoms with Gasteiger partial charge in [0.1, 0.15) is 5.75 Å². The molecule has 8 rings (SSSR count). The molecule has 3 amide bonds. The number of carbonyl (C=O) groups is 3. The summed E-state index contributed by atoms with van der Waals surface area (Å²) in [5.41, 5.74) is 3.59. The van der Waals surface area contributed by atoms with E-state index in [2.05, 4.69) is 48.9 Å². The highest BCUT2D eigenvalue weighted by Gasteiger charge is 2.66. The van der Waals surface area contributed by atoms with E-state index in [-0.39, 0.29) is 60.7 Å². The zero-order valence-corrected chi connectivity index (χ0v) is 35.4. The topological polar surface area (TPSA) is 120 Å². The number of methoxy groups -OCH3 is 1. The van der Waals surface area contributed by atoms with Crippen molar-refractivity contribution < 1.29 is 29.0 Å². The van der Waals surface area contributed by atoms with E-state index in [0.717, 1.165) is 41.8 Å². The molecule has 4 aliphatic rings. The number of anilines is 2. The van der Waals surface area contributed by atoms with Crippen LogP contribution in [0.15, 0.2) is 91.0 Å². The normalized spacial score (nSPS) is 25.4. The van der Waals surface area contributed by atoms with E-state index in [1.165, 1.54) is 5.19 Å². The van der Waals surface area contributed by atoms with Crippen LogP contribution in [-0.2, 0) is 44.2 Å². The Balaban J connectivity index is 1.14. The van der Waals surface area contributed by atoms with Gasteiger partial charge >= 0.3 is 0 Å². The van der Waals surface area contributed by atoms with Crippen LogP contribution >= 0.6 is 11.6 Å². The quantitative estimate of drug-likeness (QED) is 0.159. The fourth-order valence-electron chi connectivity index (χ4n) is 10.2. The number of aliphatic hydroxyl groups is 1. The van der Waals surface area contributed by atoms with Crippen LogP contribution in [0.2, 0.25) is 23.7 Å². The minimum absolute atomic E-state index is 0.0111. The number of piperidine rings is 1. The number of amides is 3. The van der Waals surface area contributed by atoms with Gasteiger partial charge in [-0.15, -0.1) is 0 Å². The third-order valence-electron chi connectivity index (χ3n) is 13.3. The molecule has 0 aliphatic carbocycles. The van der Waals surface area contributed by atoms with Crippen molar-refractivity contribution in [2.75, 3.05) is 37.0 Å². The summed E-state index contributed by atoms with van der Waals surface area (Å²) >= 11 is 6.75. The van der Waals surface area contributed by atoms with Crippen LogP contribution < -0.4 is 25.5 Å². The predicted molar refractivity (Wildman–Crippen MR) is 229 cm³/mol. The largest absolute Gasteiger partial charge is 0.497 e. The molecule has 4 aromatic carbocycles. The lowest BCUT2D eigenvalue weighted by Crippen LogP contribution is -2.52. The van der Waals surface area contributed by atoms with Crippen molar-refractivity contribution in [1.29, 1.82) is 0 Å². The minimum Gasteiger partial charge on any atom is -0.497 e. The first-order chi connectivity index (χ1) is 27.9. The summed E-state index contributed by atoms with van der Waals surface area (Å²) in [7, 11) is -0.900. The third kappa shape index (κ3) is 7.25. The predicted octanol–water partition coefficient (Wildman–Crippen LogP) is 6.39. The first-order valence-electron chi connectivity index (χ1n) is 20.5. The number of rotatable bonds is 10. The Kier molecular flexibility index (Phi) is 11.3. The fourth-order valence-corrected chi connectivity index (χ4v) is 14.4. The second kappa shape index (κ2) is 16.3. The molecule has 2 saturated heterocycles. The van der Waals surface area contributed by atoms with Crippen LogP contribution in [0, 0.1) is 11.8 Å². The monoisotopic (exact) mass is 820 g/mol. The van der Waals surface area contributed by atoms with Crippen molar-refractivity contribution in [3.05, 3.63) is 118 Å². The smallest absolute Gasteiger partial charge is 0.264 e. The number of nitrogens with zero attached hydrogens (tertiary/aromatic N) is 2. The molecule has 58 heavy (non-hydrogen) atoms. The summed E-state index contributed by atoms with van der Waals surface area (Å²) in [4.78, 5) is 46.7. The molecule has 0 bridgehead atoms. The molecule has 0 radical (unpaired) electrons. The number of aliphatic hydroxyl groups excluding tert-OH is 1. The molecule has 10 nitrogen and oxygen atoms in total. The summed E-state index contributed by atoms with van der Waals surface area (Å²) < 4.78 is 12.8. The van der Waals surface area contributed by atoms with Crippen LogP contribution in [0.25, 0.3) is 0 Å². The van der Waals surface area contributed by atoms with E-state index < -0.39 is 19.8 Å². The van der Waals surface area contributed by atoms with Gasteiger partial charge in [-0.1, -0.05) is 85.3 Å². The summed E-state index contributed by atoms with van der Waals surface area (Å²) in [6.45, 7) is 8.78. The molecular weight excluding hydrogens is 768 g/mol. The van der Waals surface area contributed by atoms with Gasteiger partial charge in [-0.3, -0.25) is 14.4 Å². The molecule has 1 spiro atoms. The minimum atomic E-state index is -2.55. The van der Waals surface area contributed by atoms with E-state index in [1.807, 2.05) is 66.7 Å². The van der Waals surface area contributed by atoms with Gasteiger partial charge in [0.25, 0.3) is 5.91 Å². The van der Waals surface area contributed by atoms with E-state index >= 15 is 4.79 Å². The van der Waals surface area contributed by atoms with E-state index in [9.17, 15) is 14.7 Å². The highest BCUT2D eigenvalue weighted by atomic mass is 35.5. The molecule has 0 aromatic heterocycles. The van der Waals surface area contributed by atoms with Crippen LogP contribution in [0.4, 0.5) is 11.4 Å². The number of hydrogen-bond donors (Lipinski definition) is 3. The summed E-state index contributed by atoms with van der Waals surface area (Å²) in [5.74, 6) is 0.0159. The van der Waals surface area contributed by atoms with Gasteiger partial charge in [-0.25, -0.2) is 0 Å². The van der Waals surface area contributed by atoms with Gasteiger partial charge in [0.2, 0.25) is 11.8 Å². The highest BCUT2D eigenvalue weighted by Crippen LogP contribution is 2.60. The van der Waals surface area contributed by atoms with Gasteiger partial charge in [0.15, 0.2) is 5.60 Å². The van der Waals surface area contributed by atoms with Crippen LogP contribution in [-0.4, -0.2) is 74.8 Å². The van der Waals surface area contributed by atoms with Crippen LogP contribution in [0.5, 0.6) is 5.75 Å². The van der Waals surface area contributed by atoms with Gasteiger partial charge < -0.3 is 35.0 Å². The van der Waals surface area contributed by atoms with Crippen molar-refractivity contribution >= 4 is 54.0 Å². The molecule has 4 aliphatic heterocycles. The van der Waals surface area contributed by atoms with Crippen LogP contribution in [0.1, 0.15) is 48.4 Å². The van der Waals surface area contributed by atoms with Crippen molar-refractivity contribution in [1.82, 2.24) is 10.2 Å². The third-order valence-corrected chi connectivity index (χ3v) is 17.9. The fraction of sp³-hybridized carbons (Fsp3) is 0.413. The van der Waals surface area contributed by atoms with E-state index in [0.29, 0.717) is 41.5 Å². The Bertz CT molecular complexity index is 2190. The zero-order chi connectivity index (χ0) is 40.8. The van der Waals surface area contributed by atoms with E-state index in [1.54, 1.807) is 23.0 Å². The number of carbonyl (C=O) groups excluding carboxylic acids is 3. The molecule has 4 heterocycles. The molecule has 12 heteroatoms. The summed E-state index contributed by atoms with van der Waals surface area (Å²) in [6, 6.07) is 29.1. The molecule has 304 valence electrons. The first kappa shape index (κ1) is 40.3. The number of benzene rings is 4. The van der Waals surface area contributed by atoms with Crippen molar-refractivity contribution in [2.45, 2.75) is 82.1 Å². The Hall–Kier alpha value is -4.52. The molecule has 3 N–H and O–H groups in total. The Morgan fingerprint density at radius 2 is 1.81 bits per heavy atom.